The van der Waals surface area contributed by atoms with Crippen LogP contribution in [0.1, 0.15) is 5.56 Å². The van der Waals surface area contributed by atoms with E-state index in [-0.39, 0.29) is 16.3 Å². The standard InChI is InChI=1S/C25H25Cl3N2O5S2/c1-34-23-11-10-19(14-24(23)35-2)37(32,33)30(18-8-6-17(26)7-9-18)15-25(31)29-12-13-36-16-20-21(27)4-3-5-22(20)28/h3-11,14H,12-13,15-16H2,1-2H3,(H,29,31). The molecule has 3 rings (SSSR count). The van der Waals surface area contributed by atoms with Gasteiger partial charge in [0.1, 0.15) is 6.54 Å². The quantitative estimate of drug-likeness (QED) is 0.259. The van der Waals surface area contributed by atoms with E-state index in [0.717, 1.165) is 9.87 Å². The van der Waals surface area contributed by atoms with Gasteiger partial charge in [0, 0.05) is 39.2 Å². The van der Waals surface area contributed by atoms with Gasteiger partial charge in [-0.05, 0) is 54.1 Å². The largest absolute Gasteiger partial charge is 0.493 e. The first kappa shape index (κ1) is 29.3. The number of methoxy groups -OCH3 is 2. The maximum Gasteiger partial charge on any atom is 0.264 e. The van der Waals surface area contributed by atoms with Gasteiger partial charge < -0.3 is 14.8 Å². The predicted molar refractivity (Wildman–Crippen MR) is 151 cm³/mol. The number of anilines is 1. The van der Waals surface area contributed by atoms with Crippen molar-refractivity contribution in [3.8, 4) is 11.5 Å². The number of hydrogen-bond acceptors (Lipinski definition) is 6. The Labute approximate surface area is 236 Å². The van der Waals surface area contributed by atoms with Crippen LogP contribution in [0.25, 0.3) is 0 Å². The van der Waals surface area contributed by atoms with E-state index >= 15 is 0 Å². The van der Waals surface area contributed by atoms with Crippen LogP contribution in [-0.4, -0.2) is 47.4 Å². The zero-order valence-electron chi connectivity index (χ0n) is 20.0. The molecule has 0 saturated carbocycles. The maximum atomic E-state index is 13.6. The highest BCUT2D eigenvalue weighted by Gasteiger charge is 2.28. The normalized spacial score (nSPS) is 11.2. The minimum atomic E-state index is -4.14. The Hall–Kier alpha value is -2.30. The predicted octanol–water partition coefficient (Wildman–Crippen LogP) is 5.91. The molecule has 0 unspecified atom stereocenters. The maximum absolute atomic E-state index is 13.6. The summed E-state index contributed by atoms with van der Waals surface area (Å²) in [4.78, 5) is 12.7. The van der Waals surface area contributed by atoms with E-state index < -0.39 is 22.5 Å². The fraction of sp³-hybridized carbons (Fsp3) is 0.240. The van der Waals surface area contributed by atoms with Crippen molar-refractivity contribution in [3.05, 3.63) is 81.3 Å². The number of nitrogens with one attached hydrogen (secondary N) is 1. The smallest absolute Gasteiger partial charge is 0.264 e. The number of rotatable bonds is 12. The Kier molecular flexibility index (Phi) is 10.7. The number of benzene rings is 3. The first-order chi connectivity index (χ1) is 17.7. The molecular weight excluding hydrogens is 579 g/mol. The van der Waals surface area contributed by atoms with Crippen LogP contribution in [0.4, 0.5) is 5.69 Å². The molecule has 12 heteroatoms. The van der Waals surface area contributed by atoms with E-state index in [1.165, 1.54) is 44.6 Å². The highest BCUT2D eigenvalue weighted by molar-refractivity contribution is 7.98. The fourth-order valence-electron chi connectivity index (χ4n) is 3.32. The number of carbonyl (C=O) groups excluding carboxylic acids is 1. The minimum Gasteiger partial charge on any atom is -0.493 e. The van der Waals surface area contributed by atoms with Crippen molar-refractivity contribution < 1.29 is 22.7 Å². The summed E-state index contributed by atoms with van der Waals surface area (Å²) >= 11 is 19.9. The molecule has 0 aliphatic heterocycles. The zero-order valence-corrected chi connectivity index (χ0v) is 23.9. The van der Waals surface area contributed by atoms with Gasteiger partial charge in [-0.3, -0.25) is 9.10 Å². The summed E-state index contributed by atoms with van der Waals surface area (Å²) in [6, 6.07) is 15.8. The van der Waals surface area contributed by atoms with Crippen molar-refractivity contribution in [3.63, 3.8) is 0 Å². The summed E-state index contributed by atoms with van der Waals surface area (Å²) in [7, 11) is -1.27. The van der Waals surface area contributed by atoms with E-state index in [2.05, 4.69) is 5.32 Å². The molecule has 0 aliphatic rings. The molecule has 3 aromatic carbocycles. The van der Waals surface area contributed by atoms with E-state index in [1.807, 2.05) is 0 Å². The van der Waals surface area contributed by atoms with Gasteiger partial charge in [-0.15, -0.1) is 0 Å². The average molecular weight is 604 g/mol. The monoisotopic (exact) mass is 602 g/mol. The number of ether oxygens (including phenoxy) is 2. The summed E-state index contributed by atoms with van der Waals surface area (Å²) in [6.07, 6.45) is 0. The Morgan fingerprint density at radius 3 is 2.22 bits per heavy atom. The summed E-state index contributed by atoms with van der Waals surface area (Å²) in [6.45, 7) is -0.101. The van der Waals surface area contributed by atoms with Gasteiger partial charge in [-0.1, -0.05) is 40.9 Å². The number of carbonyl (C=O) groups is 1. The molecule has 198 valence electrons. The van der Waals surface area contributed by atoms with Gasteiger partial charge >= 0.3 is 0 Å². The van der Waals surface area contributed by atoms with Crippen molar-refractivity contribution in [1.82, 2.24) is 5.32 Å². The van der Waals surface area contributed by atoms with Crippen molar-refractivity contribution in [2.45, 2.75) is 10.6 Å². The molecular formula is C25H25Cl3N2O5S2. The Morgan fingerprint density at radius 1 is 0.946 bits per heavy atom. The Bertz CT molecular complexity index is 1320. The molecule has 0 saturated heterocycles. The first-order valence-corrected chi connectivity index (χ1v) is 14.7. The lowest BCUT2D eigenvalue weighted by atomic mass is 10.2. The summed E-state index contributed by atoms with van der Waals surface area (Å²) in [5.41, 5.74) is 1.12. The SMILES string of the molecule is COc1ccc(S(=O)(=O)N(CC(=O)NCCSCc2c(Cl)cccc2Cl)c2ccc(Cl)cc2)cc1OC. The van der Waals surface area contributed by atoms with Gasteiger partial charge in [0.05, 0.1) is 24.8 Å². The fourth-order valence-corrected chi connectivity index (χ4v) is 6.48. The molecule has 0 radical (unpaired) electrons. The van der Waals surface area contributed by atoms with Gasteiger partial charge in [0.2, 0.25) is 5.91 Å². The Balaban J connectivity index is 1.71. The molecule has 0 aliphatic carbocycles. The molecule has 1 amide bonds. The molecule has 0 fully saturated rings. The van der Waals surface area contributed by atoms with Crippen LogP contribution < -0.4 is 19.1 Å². The molecule has 7 nitrogen and oxygen atoms in total. The van der Waals surface area contributed by atoms with Crippen LogP contribution in [0.3, 0.4) is 0 Å². The number of thioether (sulfide) groups is 1. The van der Waals surface area contributed by atoms with Crippen LogP contribution in [0.5, 0.6) is 11.5 Å². The molecule has 1 N–H and O–H groups in total. The minimum absolute atomic E-state index is 0.0555. The second kappa shape index (κ2) is 13.5. The molecule has 0 bridgehead atoms. The third-order valence-corrected chi connectivity index (χ3v) is 8.94. The van der Waals surface area contributed by atoms with Gasteiger partial charge in [-0.25, -0.2) is 8.42 Å². The van der Waals surface area contributed by atoms with Crippen molar-refractivity contribution in [2.24, 2.45) is 0 Å². The lowest BCUT2D eigenvalue weighted by Gasteiger charge is -2.24. The van der Waals surface area contributed by atoms with Gasteiger partial charge in [-0.2, -0.15) is 11.8 Å². The van der Waals surface area contributed by atoms with Crippen LogP contribution in [-0.2, 0) is 20.6 Å². The second-order valence-electron chi connectivity index (χ2n) is 7.61. The summed E-state index contributed by atoms with van der Waals surface area (Å²) in [5, 5.41) is 4.38. The summed E-state index contributed by atoms with van der Waals surface area (Å²) < 4.78 is 38.7. The molecule has 37 heavy (non-hydrogen) atoms. The van der Waals surface area contributed by atoms with Crippen LogP contribution in [0.15, 0.2) is 65.6 Å². The molecule has 0 spiro atoms. The average Bonchev–Trinajstić information content (AvgIpc) is 2.88. The first-order valence-electron chi connectivity index (χ1n) is 10.9. The lowest BCUT2D eigenvalue weighted by molar-refractivity contribution is -0.119. The van der Waals surface area contributed by atoms with E-state index in [0.29, 0.717) is 38.9 Å². The van der Waals surface area contributed by atoms with Crippen molar-refractivity contribution in [2.75, 3.05) is 37.4 Å². The zero-order chi connectivity index (χ0) is 27.0. The van der Waals surface area contributed by atoms with Crippen LogP contribution in [0.2, 0.25) is 15.1 Å². The molecule has 0 heterocycles. The second-order valence-corrected chi connectivity index (χ2v) is 11.8. The number of amides is 1. The van der Waals surface area contributed by atoms with Crippen molar-refractivity contribution >= 4 is 68.2 Å². The van der Waals surface area contributed by atoms with E-state index in [4.69, 9.17) is 44.3 Å². The topological polar surface area (TPSA) is 84.9 Å². The number of sulfonamides is 1. The highest BCUT2D eigenvalue weighted by Crippen LogP contribution is 2.32. The summed E-state index contributed by atoms with van der Waals surface area (Å²) in [5.74, 6) is 1.33. The Morgan fingerprint density at radius 2 is 1.59 bits per heavy atom. The molecule has 0 atom stereocenters. The van der Waals surface area contributed by atoms with E-state index in [1.54, 1.807) is 42.1 Å². The highest BCUT2D eigenvalue weighted by atomic mass is 35.5. The third kappa shape index (κ3) is 7.61. The number of hydrogen-bond donors (Lipinski definition) is 1. The van der Waals surface area contributed by atoms with E-state index in [9.17, 15) is 13.2 Å². The lowest BCUT2D eigenvalue weighted by Crippen LogP contribution is -2.41. The third-order valence-electron chi connectivity index (χ3n) is 5.22. The van der Waals surface area contributed by atoms with Gasteiger partial charge in [0.25, 0.3) is 10.0 Å². The van der Waals surface area contributed by atoms with Gasteiger partial charge in [0.15, 0.2) is 11.5 Å². The molecule has 0 aromatic heterocycles. The number of nitrogens with zero attached hydrogens (tertiary/aromatic N) is 1. The number of halogens is 3. The van der Waals surface area contributed by atoms with Crippen molar-refractivity contribution in [1.29, 1.82) is 0 Å². The molecule has 3 aromatic rings. The van der Waals surface area contributed by atoms with Crippen LogP contribution in [0, 0.1) is 0 Å². The van der Waals surface area contributed by atoms with Crippen LogP contribution >= 0.6 is 46.6 Å².